The third-order valence-electron chi connectivity index (χ3n) is 3.17. The van der Waals surface area contributed by atoms with E-state index in [0.717, 1.165) is 32.2 Å². The van der Waals surface area contributed by atoms with Gasteiger partial charge in [-0.2, -0.15) is 5.26 Å². The van der Waals surface area contributed by atoms with Crippen molar-refractivity contribution in [3.05, 3.63) is 59.7 Å². The van der Waals surface area contributed by atoms with Gasteiger partial charge in [-0.15, -0.1) is 10.2 Å². The summed E-state index contributed by atoms with van der Waals surface area (Å²) in [6.45, 7) is 0. The number of nitrogens with zero attached hydrogens (tertiary/aromatic N) is 3. The summed E-state index contributed by atoms with van der Waals surface area (Å²) < 4.78 is 6.02. The molecule has 0 aliphatic heterocycles. The number of nitrogens with one attached hydrogen (secondary N) is 1. The van der Waals surface area contributed by atoms with Gasteiger partial charge in [0.15, 0.2) is 4.34 Å². The topological polar surface area (TPSA) is 70.8 Å². The fourth-order valence-electron chi connectivity index (χ4n) is 1.99. The zero-order valence-corrected chi connectivity index (χ0v) is 14.5. The Balaban J connectivity index is 1.59. The van der Waals surface area contributed by atoms with E-state index < -0.39 is 0 Å². The van der Waals surface area contributed by atoms with Gasteiger partial charge in [0.1, 0.15) is 5.75 Å². The van der Waals surface area contributed by atoms with Crippen LogP contribution in [0.2, 0.25) is 0 Å². The summed E-state index contributed by atoms with van der Waals surface area (Å²) in [5.74, 6) is 1.57. The van der Waals surface area contributed by atoms with Crippen molar-refractivity contribution in [2.45, 2.75) is 10.1 Å². The molecule has 5 nitrogen and oxygen atoms in total. The molecule has 0 unspecified atom stereocenters. The maximum absolute atomic E-state index is 8.93. The Morgan fingerprint density at radius 1 is 1.21 bits per heavy atom. The van der Waals surface area contributed by atoms with Crippen LogP contribution in [0.25, 0.3) is 0 Å². The largest absolute Gasteiger partial charge is 0.497 e. The number of aromatic nitrogens is 2. The monoisotopic (exact) mass is 354 g/mol. The molecule has 0 bridgehead atoms. The first-order chi connectivity index (χ1) is 11.8. The van der Waals surface area contributed by atoms with E-state index in [1.807, 2.05) is 42.5 Å². The number of hydrogen-bond donors (Lipinski definition) is 1. The molecule has 0 aliphatic carbocycles. The lowest BCUT2D eigenvalue weighted by atomic mass is 10.2. The van der Waals surface area contributed by atoms with Crippen LogP contribution in [-0.2, 0) is 5.75 Å². The SMILES string of the molecule is COc1ccc(Nc2nnc(SCc3cccc(C#N)c3)s2)cc1. The lowest BCUT2D eigenvalue weighted by Crippen LogP contribution is -1.89. The highest BCUT2D eigenvalue weighted by Crippen LogP contribution is 2.30. The molecule has 0 fully saturated rings. The van der Waals surface area contributed by atoms with Crippen molar-refractivity contribution in [1.82, 2.24) is 10.2 Å². The molecule has 24 heavy (non-hydrogen) atoms. The van der Waals surface area contributed by atoms with Gasteiger partial charge in [0.25, 0.3) is 0 Å². The summed E-state index contributed by atoms with van der Waals surface area (Å²) in [6.07, 6.45) is 0. The molecular weight excluding hydrogens is 340 g/mol. The normalized spacial score (nSPS) is 10.2. The Morgan fingerprint density at radius 2 is 2.04 bits per heavy atom. The maximum atomic E-state index is 8.93. The molecule has 2 aromatic carbocycles. The zero-order valence-electron chi connectivity index (χ0n) is 12.9. The number of hydrogen-bond acceptors (Lipinski definition) is 7. The highest BCUT2D eigenvalue weighted by Gasteiger charge is 2.06. The third-order valence-corrected chi connectivity index (χ3v) is 5.21. The third kappa shape index (κ3) is 4.25. The number of thioether (sulfide) groups is 1. The predicted octanol–water partition coefficient (Wildman–Crippen LogP) is 4.45. The molecule has 7 heteroatoms. The van der Waals surface area contributed by atoms with Crippen LogP contribution < -0.4 is 10.1 Å². The molecule has 0 saturated heterocycles. The molecule has 0 aliphatic rings. The van der Waals surface area contributed by atoms with Crippen LogP contribution in [0.3, 0.4) is 0 Å². The minimum absolute atomic E-state index is 0.673. The Morgan fingerprint density at radius 3 is 2.79 bits per heavy atom. The molecule has 3 aromatic rings. The highest BCUT2D eigenvalue weighted by molar-refractivity contribution is 8.00. The number of methoxy groups -OCH3 is 1. The molecule has 1 aromatic heterocycles. The van der Waals surface area contributed by atoms with Crippen LogP contribution in [0, 0.1) is 11.3 Å². The van der Waals surface area contributed by atoms with E-state index in [1.165, 1.54) is 11.3 Å². The van der Waals surface area contributed by atoms with Crippen molar-refractivity contribution in [2.24, 2.45) is 0 Å². The highest BCUT2D eigenvalue weighted by atomic mass is 32.2. The lowest BCUT2D eigenvalue weighted by Gasteiger charge is -2.03. The van der Waals surface area contributed by atoms with Crippen molar-refractivity contribution in [2.75, 3.05) is 12.4 Å². The predicted molar refractivity (Wildman–Crippen MR) is 96.9 cm³/mol. The number of ether oxygens (including phenoxy) is 1. The summed E-state index contributed by atoms with van der Waals surface area (Å²) in [7, 11) is 1.64. The van der Waals surface area contributed by atoms with Crippen molar-refractivity contribution in [3.63, 3.8) is 0 Å². The van der Waals surface area contributed by atoms with E-state index in [4.69, 9.17) is 10.00 Å². The molecule has 0 amide bonds. The van der Waals surface area contributed by atoms with E-state index in [-0.39, 0.29) is 0 Å². The molecule has 1 N–H and O–H groups in total. The minimum Gasteiger partial charge on any atom is -0.497 e. The first-order valence-corrected chi connectivity index (χ1v) is 8.93. The van der Waals surface area contributed by atoms with Crippen molar-refractivity contribution >= 4 is 33.9 Å². The fraction of sp³-hybridized carbons (Fsp3) is 0.118. The van der Waals surface area contributed by atoms with E-state index in [2.05, 4.69) is 21.6 Å². The van der Waals surface area contributed by atoms with E-state index in [9.17, 15) is 0 Å². The second kappa shape index (κ2) is 7.81. The van der Waals surface area contributed by atoms with Gasteiger partial charge >= 0.3 is 0 Å². The average Bonchev–Trinajstić information content (AvgIpc) is 3.08. The summed E-state index contributed by atoms with van der Waals surface area (Å²) in [6, 6.07) is 17.4. The number of benzene rings is 2. The van der Waals surface area contributed by atoms with Crippen molar-refractivity contribution in [3.8, 4) is 11.8 Å². The molecule has 0 radical (unpaired) electrons. The second-order valence-electron chi connectivity index (χ2n) is 4.83. The molecular formula is C17H14N4OS2. The van der Waals surface area contributed by atoms with Gasteiger partial charge in [0, 0.05) is 11.4 Å². The van der Waals surface area contributed by atoms with Gasteiger partial charge in [-0.3, -0.25) is 0 Å². The lowest BCUT2D eigenvalue weighted by molar-refractivity contribution is 0.415. The minimum atomic E-state index is 0.673. The van der Waals surface area contributed by atoms with Gasteiger partial charge in [-0.25, -0.2) is 0 Å². The van der Waals surface area contributed by atoms with Gasteiger partial charge in [0.2, 0.25) is 5.13 Å². The van der Waals surface area contributed by atoms with Crippen LogP contribution in [0.15, 0.2) is 52.9 Å². The standard InChI is InChI=1S/C17H14N4OS2/c1-22-15-7-5-14(6-8-15)19-16-20-21-17(24-16)23-11-13-4-2-3-12(9-13)10-18/h2-9H,11H2,1H3,(H,19,20). The zero-order chi connectivity index (χ0) is 16.8. The van der Waals surface area contributed by atoms with Crippen LogP contribution in [-0.4, -0.2) is 17.3 Å². The van der Waals surface area contributed by atoms with Gasteiger partial charge in [-0.1, -0.05) is 35.2 Å². The van der Waals surface area contributed by atoms with Crippen LogP contribution >= 0.6 is 23.1 Å². The summed E-state index contributed by atoms with van der Waals surface area (Å²) in [5, 5.41) is 21.2. The van der Waals surface area contributed by atoms with Crippen LogP contribution in [0.1, 0.15) is 11.1 Å². The summed E-state index contributed by atoms with van der Waals surface area (Å²) in [5.41, 5.74) is 2.70. The Labute approximate surface area is 148 Å². The Bertz CT molecular complexity index is 856. The van der Waals surface area contributed by atoms with E-state index in [1.54, 1.807) is 24.9 Å². The smallest absolute Gasteiger partial charge is 0.210 e. The second-order valence-corrected chi connectivity index (χ2v) is 7.03. The molecule has 1 heterocycles. The van der Waals surface area contributed by atoms with Gasteiger partial charge in [-0.05, 0) is 42.0 Å². The number of anilines is 2. The summed E-state index contributed by atoms with van der Waals surface area (Å²) in [4.78, 5) is 0. The molecule has 0 spiro atoms. The van der Waals surface area contributed by atoms with Crippen LogP contribution in [0.5, 0.6) is 5.75 Å². The average molecular weight is 354 g/mol. The quantitative estimate of drug-likeness (QED) is 0.659. The van der Waals surface area contributed by atoms with Gasteiger partial charge < -0.3 is 10.1 Å². The van der Waals surface area contributed by atoms with Crippen molar-refractivity contribution in [1.29, 1.82) is 5.26 Å². The van der Waals surface area contributed by atoms with E-state index in [0.29, 0.717) is 5.56 Å². The maximum Gasteiger partial charge on any atom is 0.210 e. The summed E-state index contributed by atoms with van der Waals surface area (Å²) >= 11 is 3.11. The Kier molecular flexibility index (Phi) is 5.31. The molecule has 0 saturated carbocycles. The first kappa shape index (κ1) is 16.3. The van der Waals surface area contributed by atoms with Crippen molar-refractivity contribution < 1.29 is 4.74 Å². The molecule has 0 atom stereocenters. The molecule has 3 rings (SSSR count). The molecule has 120 valence electrons. The number of nitriles is 1. The van der Waals surface area contributed by atoms with Gasteiger partial charge in [0.05, 0.1) is 18.7 Å². The number of rotatable bonds is 6. The Hall–Kier alpha value is -2.56. The van der Waals surface area contributed by atoms with Crippen LogP contribution in [0.4, 0.5) is 10.8 Å². The fourth-order valence-corrected chi connectivity index (χ4v) is 3.71. The van der Waals surface area contributed by atoms with E-state index >= 15 is 0 Å². The first-order valence-electron chi connectivity index (χ1n) is 7.13.